The Kier molecular flexibility index (Phi) is 6.84. The molecule has 2 aromatic carbocycles. The number of carbonyl (C=O) groups excluding carboxylic acids is 1. The number of carbonyl (C=O) groups is 1. The summed E-state index contributed by atoms with van der Waals surface area (Å²) < 4.78 is 27.6. The van der Waals surface area contributed by atoms with Crippen LogP contribution in [-0.2, 0) is 16.4 Å². The minimum absolute atomic E-state index is 0.208. The highest BCUT2D eigenvalue weighted by atomic mass is 32.2. The number of benzene rings is 2. The van der Waals surface area contributed by atoms with Crippen LogP contribution in [0.25, 0.3) is 0 Å². The van der Waals surface area contributed by atoms with E-state index >= 15 is 0 Å². The molecule has 0 atom stereocenters. The molecule has 10 nitrogen and oxygen atoms in total. The number of nitro benzene ring substituents is 1. The van der Waals surface area contributed by atoms with E-state index in [9.17, 15) is 23.3 Å². The lowest BCUT2D eigenvalue weighted by Gasteiger charge is -2.09. The van der Waals surface area contributed by atoms with Crippen LogP contribution in [0, 0.1) is 23.0 Å². The number of nitrogens with one attached hydrogen (secondary N) is 2. The fourth-order valence-electron chi connectivity index (χ4n) is 2.76. The van der Waals surface area contributed by atoms with Gasteiger partial charge in [0.25, 0.3) is 21.6 Å². The second-order valence-electron chi connectivity index (χ2n) is 7.44. The normalized spacial score (nSPS) is 11.4. The molecule has 0 unspecified atom stereocenters. The van der Waals surface area contributed by atoms with Crippen LogP contribution in [0.15, 0.2) is 47.4 Å². The van der Waals surface area contributed by atoms with Gasteiger partial charge in [0.05, 0.1) is 9.82 Å². The summed E-state index contributed by atoms with van der Waals surface area (Å²) in [5, 5.41) is 23.0. The predicted molar refractivity (Wildman–Crippen MR) is 121 cm³/mol. The van der Waals surface area contributed by atoms with Gasteiger partial charge in [-0.25, -0.2) is 8.42 Å². The third-order valence-corrected chi connectivity index (χ3v) is 6.60. The lowest BCUT2D eigenvalue weighted by molar-refractivity contribution is -0.385. The molecule has 3 rings (SSSR count). The van der Waals surface area contributed by atoms with E-state index in [2.05, 4.69) is 34.1 Å². The Bertz CT molecular complexity index is 1250. The molecule has 0 fully saturated rings. The summed E-state index contributed by atoms with van der Waals surface area (Å²) in [7, 11) is -4.05. The average molecular weight is 476 g/mol. The van der Waals surface area contributed by atoms with E-state index in [1.54, 1.807) is 0 Å². The Balaban J connectivity index is 1.70. The van der Waals surface area contributed by atoms with Crippen LogP contribution in [0.2, 0.25) is 0 Å². The van der Waals surface area contributed by atoms with E-state index < -0.39 is 20.9 Å². The molecule has 1 heterocycles. The van der Waals surface area contributed by atoms with Crippen LogP contribution in [0.5, 0.6) is 0 Å². The smallest absolute Gasteiger partial charge is 0.273 e. The molecule has 2 N–H and O–H groups in total. The zero-order valence-corrected chi connectivity index (χ0v) is 19.2. The molecule has 0 aliphatic rings. The summed E-state index contributed by atoms with van der Waals surface area (Å²) in [6.07, 6.45) is 0.770. The summed E-state index contributed by atoms with van der Waals surface area (Å²) in [6.45, 7) is 5.66. The van der Waals surface area contributed by atoms with Crippen molar-refractivity contribution in [2.75, 3.05) is 10.0 Å². The molecule has 1 amide bonds. The van der Waals surface area contributed by atoms with Crippen LogP contribution in [-0.4, -0.2) is 29.4 Å². The quantitative estimate of drug-likeness (QED) is 0.370. The van der Waals surface area contributed by atoms with Gasteiger partial charge in [-0.1, -0.05) is 31.3 Å². The number of amides is 1. The number of aryl methyl sites for hydroxylation is 1. The Morgan fingerprint density at radius 1 is 1.16 bits per heavy atom. The fourth-order valence-corrected chi connectivity index (χ4v) is 4.79. The first kappa shape index (κ1) is 23.3. The standard InChI is InChI=1S/C20H21N5O5S2/c1-12(2)10-18-22-23-20(31-18)21-19(26)14-5-7-15(8-6-14)24-32(29,30)16-9-4-13(3)17(11-16)25(27)28/h4-9,11-12,24H,10H2,1-3H3,(H,21,23,26). The molecule has 168 valence electrons. The number of hydrogen-bond acceptors (Lipinski definition) is 8. The van der Waals surface area contributed by atoms with Crippen molar-refractivity contribution in [2.24, 2.45) is 5.92 Å². The van der Waals surface area contributed by atoms with Crippen molar-refractivity contribution in [3.63, 3.8) is 0 Å². The SMILES string of the molecule is Cc1ccc(S(=O)(=O)Nc2ccc(C(=O)Nc3nnc(CC(C)C)s3)cc2)cc1[N+](=O)[O-]. The van der Waals surface area contributed by atoms with Gasteiger partial charge in [0, 0.05) is 29.3 Å². The number of nitro groups is 1. The molecule has 1 aromatic heterocycles. The molecule has 0 aliphatic heterocycles. The van der Waals surface area contributed by atoms with E-state index in [0.717, 1.165) is 17.5 Å². The van der Waals surface area contributed by atoms with Gasteiger partial charge in [0.2, 0.25) is 5.13 Å². The highest BCUT2D eigenvalue weighted by molar-refractivity contribution is 7.92. The van der Waals surface area contributed by atoms with Crippen molar-refractivity contribution < 1.29 is 18.1 Å². The highest BCUT2D eigenvalue weighted by Gasteiger charge is 2.20. The number of hydrogen-bond donors (Lipinski definition) is 2. The van der Waals surface area contributed by atoms with Crippen molar-refractivity contribution in [2.45, 2.75) is 32.1 Å². The first-order valence-corrected chi connectivity index (χ1v) is 11.9. The fraction of sp³-hybridized carbons (Fsp3) is 0.250. The molecular weight excluding hydrogens is 454 g/mol. The minimum Gasteiger partial charge on any atom is -0.296 e. The first-order chi connectivity index (χ1) is 15.0. The van der Waals surface area contributed by atoms with Crippen molar-refractivity contribution in [1.29, 1.82) is 0 Å². The van der Waals surface area contributed by atoms with Gasteiger partial charge >= 0.3 is 0 Å². The van der Waals surface area contributed by atoms with Gasteiger partial charge in [-0.15, -0.1) is 10.2 Å². The number of nitrogens with zero attached hydrogens (tertiary/aromatic N) is 3. The zero-order valence-electron chi connectivity index (χ0n) is 17.5. The topological polar surface area (TPSA) is 144 Å². The third-order valence-electron chi connectivity index (χ3n) is 4.36. The molecule has 32 heavy (non-hydrogen) atoms. The second-order valence-corrected chi connectivity index (χ2v) is 10.2. The number of rotatable bonds is 8. The molecule has 0 saturated heterocycles. The largest absolute Gasteiger partial charge is 0.296 e. The van der Waals surface area contributed by atoms with Gasteiger partial charge in [0.1, 0.15) is 5.01 Å². The Hall–Kier alpha value is -3.38. The molecule has 0 spiro atoms. The van der Waals surface area contributed by atoms with Crippen LogP contribution >= 0.6 is 11.3 Å². The van der Waals surface area contributed by atoms with Gasteiger partial charge in [-0.2, -0.15) is 0 Å². The second kappa shape index (κ2) is 9.40. The monoisotopic (exact) mass is 475 g/mol. The van der Waals surface area contributed by atoms with Gasteiger partial charge in [0.15, 0.2) is 0 Å². The van der Waals surface area contributed by atoms with Crippen LogP contribution < -0.4 is 10.0 Å². The van der Waals surface area contributed by atoms with E-state index in [-0.39, 0.29) is 16.3 Å². The van der Waals surface area contributed by atoms with Crippen molar-refractivity contribution in [3.05, 3.63) is 68.7 Å². The van der Waals surface area contributed by atoms with E-state index in [1.807, 2.05) is 0 Å². The summed E-state index contributed by atoms with van der Waals surface area (Å²) in [5.74, 6) is 0.0229. The Morgan fingerprint density at radius 3 is 2.47 bits per heavy atom. The molecule has 0 bridgehead atoms. The highest BCUT2D eigenvalue weighted by Crippen LogP contribution is 2.24. The summed E-state index contributed by atoms with van der Waals surface area (Å²) >= 11 is 1.30. The summed E-state index contributed by atoms with van der Waals surface area (Å²) in [5.41, 5.74) is 0.587. The minimum atomic E-state index is -4.05. The van der Waals surface area contributed by atoms with Gasteiger partial charge in [-0.3, -0.25) is 24.9 Å². The van der Waals surface area contributed by atoms with Crippen molar-refractivity contribution >= 4 is 43.8 Å². The van der Waals surface area contributed by atoms with E-state index in [1.165, 1.54) is 54.7 Å². The molecule has 12 heteroatoms. The lowest BCUT2D eigenvalue weighted by Crippen LogP contribution is -2.14. The van der Waals surface area contributed by atoms with Crippen LogP contribution in [0.1, 0.15) is 34.8 Å². The maximum Gasteiger partial charge on any atom is 0.273 e. The molecule has 0 aliphatic carbocycles. The average Bonchev–Trinajstić information content (AvgIpc) is 3.14. The third kappa shape index (κ3) is 5.65. The maximum absolute atomic E-state index is 12.6. The molecule has 0 saturated carbocycles. The molecule has 3 aromatic rings. The lowest BCUT2D eigenvalue weighted by atomic mass is 10.1. The molecular formula is C20H21N5O5S2. The molecule has 0 radical (unpaired) electrons. The predicted octanol–water partition coefficient (Wildman–Crippen LogP) is 4.01. The first-order valence-electron chi connectivity index (χ1n) is 9.57. The zero-order chi connectivity index (χ0) is 23.5. The Labute approximate surface area is 188 Å². The van der Waals surface area contributed by atoms with E-state index in [4.69, 9.17) is 0 Å². The van der Waals surface area contributed by atoms with Crippen LogP contribution in [0.4, 0.5) is 16.5 Å². The van der Waals surface area contributed by atoms with Gasteiger partial charge < -0.3 is 0 Å². The number of aromatic nitrogens is 2. The van der Waals surface area contributed by atoms with Crippen molar-refractivity contribution in [3.8, 4) is 0 Å². The van der Waals surface area contributed by atoms with Crippen molar-refractivity contribution in [1.82, 2.24) is 10.2 Å². The summed E-state index contributed by atoms with van der Waals surface area (Å²) in [4.78, 5) is 22.6. The summed E-state index contributed by atoms with van der Waals surface area (Å²) in [6, 6.07) is 9.46. The van der Waals surface area contributed by atoms with Crippen LogP contribution in [0.3, 0.4) is 0 Å². The van der Waals surface area contributed by atoms with Gasteiger partial charge in [-0.05, 0) is 43.2 Å². The number of anilines is 2. The number of sulfonamides is 1. The maximum atomic E-state index is 12.6. The van der Waals surface area contributed by atoms with E-state index in [0.29, 0.717) is 22.2 Å². The Morgan fingerprint density at radius 2 is 1.84 bits per heavy atom.